The summed E-state index contributed by atoms with van der Waals surface area (Å²) in [5, 5.41) is 8.05. The Hall–Kier alpha value is -0.830. The highest BCUT2D eigenvalue weighted by molar-refractivity contribution is 5.06. The molecule has 1 heterocycles. The van der Waals surface area contributed by atoms with E-state index in [1.54, 1.807) is 0 Å². The quantitative estimate of drug-likeness (QED) is 0.813. The molecule has 1 N–H and O–H groups in total. The molecule has 1 aromatic heterocycles. The lowest BCUT2D eigenvalue weighted by atomic mass is 9.89. The Labute approximate surface area is 111 Å². The number of hydrogen-bond donors (Lipinski definition) is 1. The molecule has 0 bridgehead atoms. The summed E-state index contributed by atoms with van der Waals surface area (Å²) in [5.74, 6) is 0.795. The number of rotatable bonds is 5. The molecule has 0 spiro atoms. The van der Waals surface area contributed by atoms with E-state index in [1.165, 1.54) is 50.5 Å². The molecule has 1 saturated carbocycles. The van der Waals surface area contributed by atoms with Gasteiger partial charge in [0.25, 0.3) is 0 Å². The highest BCUT2D eigenvalue weighted by Crippen LogP contribution is 2.26. The molecule has 0 amide bonds. The normalized spacial score (nSPS) is 25.0. The molecule has 1 fully saturated rings. The average Bonchev–Trinajstić information content (AvgIpc) is 2.64. The Kier molecular flexibility index (Phi) is 5.24. The smallest absolute Gasteiger partial charge is 0.0521 e. The van der Waals surface area contributed by atoms with Crippen LogP contribution in [0.3, 0.4) is 0 Å². The minimum Gasteiger partial charge on any atom is -0.314 e. The summed E-state index contributed by atoms with van der Waals surface area (Å²) in [5.41, 5.74) is 1.40. The van der Waals surface area contributed by atoms with E-state index in [4.69, 9.17) is 0 Å². The minimum absolute atomic E-state index is 0.715. The second-order valence-corrected chi connectivity index (χ2v) is 5.69. The van der Waals surface area contributed by atoms with Crippen molar-refractivity contribution in [3.8, 4) is 0 Å². The van der Waals surface area contributed by atoms with E-state index in [0.29, 0.717) is 6.04 Å². The van der Waals surface area contributed by atoms with Crippen molar-refractivity contribution in [1.82, 2.24) is 15.1 Å². The Bertz CT molecular complexity index is 345. The molecule has 18 heavy (non-hydrogen) atoms. The van der Waals surface area contributed by atoms with E-state index in [2.05, 4.69) is 23.5 Å². The third-order valence-electron chi connectivity index (χ3n) is 4.07. The van der Waals surface area contributed by atoms with Gasteiger partial charge in [0.2, 0.25) is 0 Å². The molecular formula is C15H27N3. The summed E-state index contributed by atoms with van der Waals surface area (Å²) in [6.45, 7) is 3.41. The maximum Gasteiger partial charge on any atom is 0.0521 e. The maximum absolute atomic E-state index is 4.29. The average molecular weight is 249 g/mol. The highest BCUT2D eigenvalue weighted by atomic mass is 15.2. The van der Waals surface area contributed by atoms with Crippen molar-refractivity contribution >= 4 is 0 Å². The van der Waals surface area contributed by atoms with Gasteiger partial charge in [-0.2, -0.15) is 5.10 Å². The van der Waals surface area contributed by atoms with Gasteiger partial charge < -0.3 is 5.32 Å². The zero-order chi connectivity index (χ0) is 12.8. The molecule has 0 aliphatic heterocycles. The van der Waals surface area contributed by atoms with E-state index in [9.17, 15) is 0 Å². The molecule has 2 atom stereocenters. The second kappa shape index (κ2) is 6.93. The van der Waals surface area contributed by atoms with Gasteiger partial charge in [0.05, 0.1) is 6.20 Å². The lowest BCUT2D eigenvalue weighted by Crippen LogP contribution is -2.37. The van der Waals surface area contributed by atoms with Crippen molar-refractivity contribution in [1.29, 1.82) is 0 Å². The summed E-state index contributed by atoms with van der Waals surface area (Å²) >= 11 is 0. The van der Waals surface area contributed by atoms with Crippen molar-refractivity contribution < 1.29 is 0 Å². The first-order chi connectivity index (χ1) is 8.79. The van der Waals surface area contributed by atoms with Gasteiger partial charge >= 0.3 is 0 Å². The number of aryl methyl sites for hydroxylation is 1. The van der Waals surface area contributed by atoms with Crippen LogP contribution in [-0.4, -0.2) is 22.4 Å². The first-order valence-electron chi connectivity index (χ1n) is 7.50. The molecule has 2 rings (SSSR count). The Morgan fingerprint density at radius 3 is 2.89 bits per heavy atom. The van der Waals surface area contributed by atoms with E-state index < -0.39 is 0 Å². The fourth-order valence-corrected chi connectivity index (χ4v) is 3.11. The lowest BCUT2D eigenvalue weighted by molar-refractivity contribution is 0.332. The zero-order valence-electron chi connectivity index (χ0n) is 11.9. The SMILES string of the molecule is CCCNC1CCCCCC1Cc1cnn(C)c1. The second-order valence-electron chi connectivity index (χ2n) is 5.69. The van der Waals surface area contributed by atoms with E-state index in [-0.39, 0.29) is 0 Å². The summed E-state index contributed by atoms with van der Waals surface area (Å²) in [4.78, 5) is 0. The van der Waals surface area contributed by atoms with Gasteiger partial charge in [0.15, 0.2) is 0 Å². The molecule has 102 valence electrons. The predicted molar refractivity (Wildman–Crippen MR) is 75.6 cm³/mol. The van der Waals surface area contributed by atoms with Crippen LogP contribution in [0, 0.1) is 5.92 Å². The fraction of sp³-hybridized carbons (Fsp3) is 0.800. The third-order valence-corrected chi connectivity index (χ3v) is 4.07. The Morgan fingerprint density at radius 2 is 2.17 bits per heavy atom. The number of hydrogen-bond acceptors (Lipinski definition) is 2. The maximum atomic E-state index is 4.29. The van der Waals surface area contributed by atoms with E-state index >= 15 is 0 Å². The molecule has 1 aliphatic carbocycles. The third kappa shape index (κ3) is 3.84. The van der Waals surface area contributed by atoms with Gasteiger partial charge in [-0.05, 0) is 43.7 Å². The molecule has 0 radical (unpaired) electrons. The van der Waals surface area contributed by atoms with Gasteiger partial charge in [-0.3, -0.25) is 4.68 Å². The summed E-state index contributed by atoms with van der Waals surface area (Å²) < 4.78 is 1.92. The van der Waals surface area contributed by atoms with Gasteiger partial charge in [0, 0.05) is 19.3 Å². The zero-order valence-corrected chi connectivity index (χ0v) is 11.9. The predicted octanol–water partition coefficient (Wildman–Crippen LogP) is 2.91. The fourth-order valence-electron chi connectivity index (χ4n) is 3.11. The van der Waals surface area contributed by atoms with Crippen LogP contribution in [0.1, 0.15) is 51.0 Å². The molecular weight excluding hydrogens is 222 g/mol. The largest absolute Gasteiger partial charge is 0.314 e. The van der Waals surface area contributed by atoms with Gasteiger partial charge in [-0.1, -0.05) is 26.2 Å². The molecule has 0 aromatic carbocycles. The van der Waals surface area contributed by atoms with Gasteiger partial charge in [0.1, 0.15) is 0 Å². The molecule has 3 heteroatoms. The van der Waals surface area contributed by atoms with Crippen LogP contribution in [0.5, 0.6) is 0 Å². The topological polar surface area (TPSA) is 29.9 Å². The van der Waals surface area contributed by atoms with Crippen LogP contribution in [0.15, 0.2) is 12.4 Å². The standard InChI is InChI=1S/C15H27N3/c1-3-9-16-15-8-6-4-5-7-14(15)10-13-11-17-18(2)12-13/h11-12,14-16H,3-10H2,1-2H3. The lowest BCUT2D eigenvalue weighted by Gasteiger charge is -2.26. The van der Waals surface area contributed by atoms with Crippen molar-refractivity contribution in [3.05, 3.63) is 18.0 Å². The van der Waals surface area contributed by atoms with Gasteiger partial charge in [-0.15, -0.1) is 0 Å². The summed E-state index contributed by atoms with van der Waals surface area (Å²) in [7, 11) is 2.00. The van der Waals surface area contributed by atoms with Crippen LogP contribution in [0.25, 0.3) is 0 Å². The molecule has 1 aliphatic rings. The minimum atomic E-state index is 0.715. The first kappa shape index (κ1) is 13.6. The number of aromatic nitrogens is 2. The van der Waals surface area contributed by atoms with Crippen LogP contribution in [0.2, 0.25) is 0 Å². The Morgan fingerprint density at radius 1 is 1.33 bits per heavy atom. The Balaban J connectivity index is 1.96. The van der Waals surface area contributed by atoms with Crippen LogP contribution in [0.4, 0.5) is 0 Å². The van der Waals surface area contributed by atoms with Gasteiger partial charge in [-0.25, -0.2) is 0 Å². The first-order valence-corrected chi connectivity index (χ1v) is 7.50. The molecule has 3 nitrogen and oxygen atoms in total. The molecule has 2 unspecified atom stereocenters. The summed E-state index contributed by atoms with van der Waals surface area (Å²) in [6, 6.07) is 0.715. The van der Waals surface area contributed by atoms with Crippen molar-refractivity contribution in [2.45, 2.75) is 57.9 Å². The van der Waals surface area contributed by atoms with Crippen molar-refractivity contribution in [3.63, 3.8) is 0 Å². The highest BCUT2D eigenvalue weighted by Gasteiger charge is 2.23. The van der Waals surface area contributed by atoms with Crippen molar-refractivity contribution in [2.24, 2.45) is 13.0 Å². The van der Waals surface area contributed by atoms with E-state index in [1.807, 2.05) is 17.9 Å². The van der Waals surface area contributed by atoms with Crippen molar-refractivity contribution in [2.75, 3.05) is 6.54 Å². The number of nitrogens with one attached hydrogen (secondary N) is 1. The van der Waals surface area contributed by atoms with Crippen LogP contribution in [-0.2, 0) is 13.5 Å². The van der Waals surface area contributed by atoms with Crippen LogP contribution < -0.4 is 5.32 Å². The molecule has 0 saturated heterocycles. The number of nitrogens with zero attached hydrogens (tertiary/aromatic N) is 2. The summed E-state index contributed by atoms with van der Waals surface area (Å²) in [6.07, 6.45) is 13.5. The van der Waals surface area contributed by atoms with Crippen LogP contribution >= 0.6 is 0 Å². The van der Waals surface area contributed by atoms with E-state index in [0.717, 1.165) is 12.5 Å². The monoisotopic (exact) mass is 249 g/mol. The molecule has 1 aromatic rings.